The molecular weight excluding hydrogens is 152 g/mol. The van der Waals surface area contributed by atoms with Gasteiger partial charge in [0.2, 0.25) is 6.33 Å². The van der Waals surface area contributed by atoms with Gasteiger partial charge in [-0.25, -0.2) is 9.13 Å². The standard InChI is InChI=1S/C9H17N2O/c1-9(2,3)12-8-11-6-5-10(4)7-11/h5-7H,8H2,1-4H3/q+1. The summed E-state index contributed by atoms with van der Waals surface area (Å²) >= 11 is 0. The molecule has 0 N–H and O–H groups in total. The zero-order valence-electron chi connectivity index (χ0n) is 8.24. The molecule has 0 spiro atoms. The summed E-state index contributed by atoms with van der Waals surface area (Å²) in [6.07, 6.45) is 5.98. The Morgan fingerprint density at radius 1 is 1.42 bits per heavy atom. The van der Waals surface area contributed by atoms with Gasteiger partial charge in [-0.2, -0.15) is 0 Å². The van der Waals surface area contributed by atoms with Gasteiger partial charge in [0.15, 0.2) is 6.73 Å². The molecule has 3 heteroatoms. The minimum Gasteiger partial charge on any atom is -0.336 e. The van der Waals surface area contributed by atoms with Crippen LogP contribution >= 0.6 is 0 Å². The molecule has 0 saturated heterocycles. The third-order valence-corrected chi connectivity index (χ3v) is 1.47. The first-order chi connectivity index (χ1) is 5.47. The zero-order valence-corrected chi connectivity index (χ0v) is 8.24. The van der Waals surface area contributed by atoms with Gasteiger partial charge in [-0.15, -0.1) is 0 Å². The normalized spacial score (nSPS) is 12.0. The Morgan fingerprint density at radius 3 is 2.50 bits per heavy atom. The van der Waals surface area contributed by atoms with E-state index in [0.717, 1.165) is 0 Å². The van der Waals surface area contributed by atoms with Gasteiger partial charge >= 0.3 is 0 Å². The smallest absolute Gasteiger partial charge is 0.245 e. The minimum absolute atomic E-state index is 0.0666. The molecule has 1 rings (SSSR count). The number of nitrogens with zero attached hydrogens (tertiary/aromatic N) is 2. The van der Waals surface area contributed by atoms with Crippen LogP contribution in [-0.4, -0.2) is 10.2 Å². The molecule has 0 unspecified atom stereocenters. The maximum absolute atomic E-state index is 5.58. The molecule has 0 aliphatic carbocycles. The van der Waals surface area contributed by atoms with Gasteiger partial charge in [0.1, 0.15) is 12.4 Å². The second kappa shape index (κ2) is 3.27. The Labute approximate surface area is 73.6 Å². The van der Waals surface area contributed by atoms with Crippen molar-refractivity contribution in [2.75, 3.05) is 0 Å². The van der Waals surface area contributed by atoms with E-state index in [9.17, 15) is 0 Å². The van der Waals surface area contributed by atoms with Crippen LogP contribution in [-0.2, 0) is 18.5 Å². The van der Waals surface area contributed by atoms with Crippen molar-refractivity contribution in [1.29, 1.82) is 0 Å². The highest BCUT2D eigenvalue weighted by atomic mass is 16.5. The summed E-state index contributed by atoms with van der Waals surface area (Å²) in [4.78, 5) is 0. The van der Waals surface area contributed by atoms with Crippen LogP contribution in [0.25, 0.3) is 0 Å². The third kappa shape index (κ3) is 3.05. The van der Waals surface area contributed by atoms with E-state index in [-0.39, 0.29) is 5.60 Å². The van der Waals surface area contributed by atoms with E-state index >= 15 is 0 Å². The van der Waals surface area contributed by atoms with Crippen molar-refractivity contribution in [3.05, 3.63) is 18.7 Å². The van der Waals surface area contributed by atoms with Gasteiger partial charge < -0.3 is 4.74 Å². The molecule has 1 aromatic heterocycles. The fraction of sp³-hybridized carbons (Fsp3) is 0.667. The van der Waals surface area contributed by atoms with Gasteiger partial charge in [0, 0.05) is 0 Å². The van der Waals surface area contributed by atoms with Gasteiger partial charge in [-0.1, -0.05) is 0 Å². The average molecular weight is 169 g/mol. The van der Waals surface area contributed by atoms with Crippen molar-refractivity contribution < 1.29 is 9.30 Å². The molecule has 12 heavy (non-hydrogen) atoms. The van der Waals surface area contributed by atoms with Crippen LogP contribution in [0.4, 0.5) is 0 Å². The molecule has 1 heterocycles. The lowest BCUT2D eigenvalue weighted by atomic mass is 10.2. The number of ether oxygens (including phenoxy) is 1. The van der Waals surface area contributed by atoms with Crippen molar-refractivity contribution in [3.63, 3.8) is 0 Å². The molecule has 0 atom stereocenters. The molecule has 0 bridgehead atoms. The lowest BCUT2D eigenvalue weighted by Gasteiger charge is -2.17. The van der Waals surface area contributed by atoms with Crippen LogP contribution in [0.5, 0.6) is 0 Å². The van der Waals surface area contributed by atoms with Crippen LogP contribution in [0.3, 0.4) is 0 Å². The fourth-order valence-electron chi connectivity index (χ4n) is 0.846. The van der Waals surface area contributed by atoms with Crippen LogP contribution in [0.1, 0.15) is 20.8 Å². The largest absolute Gasteiger partial charge is 0.336 e. The Bertz CT molecular complexity index is 247. The Morgan fingerprint density at radius 2 is 2.08 bits per heavy atom. The molecule has 0 radical (unpaired) electrons. The quantitative estimate of drug-likeness (QED) is 0.606. The molecule has 0 aromatic carbocycles. The Balaban J connectivity index is 2.44. The van der Waals surface area contributed by atoms with E-state index in [1.165, 1.54) is 0 Å². The van der Waals surface area contributed by atoms with Crippen molar-refractivity contribution in [2.45, 2.75) is 33.1 Å². The lowest BCUT2D eigenvalue weighted by Crippen LogP contribution is -2.25. The number of aromatic nitrogens is 2. The highest BCUT2D eigenvalue weighted by Crippen LogP contribution is 2.07. The zero-order chi connectivity index (χ0) is 9.19. The van der Waals surface area contributed by atoms with Crippen molar-refractivity contribution >= 4 is 0 Å². The molecule has 1 aromatic rings. The van der Waals surface area contributed by atoms with Gasteiger partial charge in [-0.05, 0) is 20.8 Å². The van der Waals surface area contributed by atoms with E-state index in [2.05, 4.69) is 20.8 Å². The van der Waals surface area contributed by atoms with Crippen LogP contribution < -0.4 is 4.57 Å². The van der Waals surface area contributed by atoms with Gasteiger partial charge in [0.05, 0.1) is 12.6 Å². The first kappa shape index (κ1) is 9.26. The van der Waals surface area contributed by atoms with Crippen LogP contribution in [0.15, 0.2) is 18.7 Å². The van der Waals surface area contributed by atoms with E-state index in [4.69, 9.17) is 4.74 Å². The van der Waals surface area contributed by atoms with E-state index < -0.39 is 0 Å². The number of aryl methyl sites for hydroxylation is 1. The molecule has 68 valence electrons. The Kier molecular flexibility index (Phi) is 2.52. The van der Waals surface area contributed by atoms with E-state index in [0.29, 0.717) is 6.73 Å². The molecule has 0 fully saturated rings. The number of rotatable bonds is 2. The number of hydrogen-bond donors (Lipinski definition) is 0. The predicted octanol–water partition coefficient (Wildman–Crippen LogP) is 1.09. The molecule has 0 aliphatic rings. The van der Waals surface area contributed by atoms with E-state index in [1.54, 1.807) is 0 Å². The van der Waals surface area contributed by atoms with Crippen molar-refractivity contribution in [1.82, 2.24) is 4.57 Å². The highest BCUT2D eigenvalue weighted by Gasteiger charge is 2.11. The monoisotopic (exact) mass is 169 g/mol. The minimum atomic E-state index is -0.0666. The number of hydrogen-bond acceptors (Lipinski definition) is 1. The number of imidazole rings is 1. The van der Waals surface area contributed by atoms with Gasteiger partial charge in [0.25, 0.3) is 0 Å². The van der Waals surface area contributed by atoms with Gasteiger partial charge in [-0.3, -0.25) is 0 Å². The lowest BCUT2D eigenvalue weighted by molar-refractivity contribution is -0.671. The summed E-state index contributed by atoms with van der Waals surface area (Å²) in [6.45, 7) is 6.77. The summed E-state index contributed by atoms with van der Waals surface area (Å²) in [6, 6.07) is 0. The van der Waals surface area contributed by atoms with Crippen molar-refractivity contribution in [3.8, 4) is 0 Å². The Hall–Kier alpha value is -0.830. The third-order valence-electron chi connectivity index (χ3n) is 1.47. The van der Waals surface area contributed by atoms with E-state index in [1.807, 2.05) is 34.9 Å². The second-order valence-electron chi connectivity index (χ2n) is 3.98. The maximum Gasteiger partial charge on any atom is 0.245 e. The molecule has 3 nitrogen and oxygen atoms in total. The molecule has 0 amide bonds. The van der Waals surface area contributed by atoms with Crippen LogP contribution in [0.2, 0.25) is 0 Å². The first-order valence-electron chi connectivity index (χ1n) is 4.12. The summed E-state index contributed by atoms with van der Waals surface area (Å²) in [5.41, 5.74) is -0.0666. The first-order valence-corrected chi connectivity index (χ1v) is 4.12. The average Bonchev–Trinajstić information content (AvgIpc) is 2.30. The maximum atomic E-state index is 5.58. The molecule has 0 saturated carbocycles. The SMILES string of the molecule is C[n+]1ccn(COC(C)(C)C)c1. The van der Waals surface area contributed by atoms with Crippen molar-refractivity contribution in [2.24, 2.45) is 7.05 Å². The summed E-state index contributed by atoms with van der Waals surface area (Å²) in [7, 11) is 1.99. The topological polar surface area (TPSA) is 18.0 Å². The predicted molar refractivity (Wildman–Crippen MR) is 46.4 cm³/mol. The summed E-state index contributed by atoms with van der Waals surface area (Å²) < 4.78 is 9.58. The van der Waals surface area contributed by atoms with Crippen LogP contribution in [0, 0.1) is 0 Å². The molecular formula is C9H17N2O+. The summed E-state index contributed by atoms with van der Waals surface area (Å²) in [5, 5.41) is 0. The highest BCUT2D eigenvalue weighted by molar-refractivity contribution is 4.65. The summed E-state index contributed by atoms with van der Waals surface area (Å²) in [5.74, 6) is 0. The molecule has 0 aliphatic heterocycles. The fourth-order valence-corrected chi connectivity index (χ4v) is 0.846. The second-order valence-corrected chi connectivity index (χ2v) is 3.98.